The summed E-state index contributed by atoms with van der Waals surface area (Å²) in [6.45, 7) is 1.83. The van der Waals surface area contributed by atoms with Crippen LogP contribution >= 0.6 is 12.4 Å². The maximum absolute atomic E-state index is 12.7. The molecular weight excluding hydrogens is 298 g/mol. The molecule has 1 saturated carbocycles. The van der Waals surface area contributed by atoms with E-state index in [1.54, 1.807) is 22.7 Å². The van der Waals surface area contributed by atoms with E-state index in [1.807, 2.05) is 0 Å². The van der Waals surface area contributed by atoms with Crippen LogP contribution in [0.15, 0.2) is 0 Å². The van der Waals surface area contributed by atoms with Gasteiger partial charge in [-0.05, 0) is 38.8 Å². The van der Waals surface area contributed by atoms with Crippen molar-refractivity contribution in [3.05, 3.63) is 0 Å². The molecule has 1 saturated heterocycles. The van der Waals surface area contributed by atoms with Crippen molar-refractivity contribution in [1.82, 2.24) is 13.9 Å². The zero-order valence-electron chi connectivity index (χ0n) is 12.5. The van der Waals surface area contributed by atoms with E-state index in [1.165, 1.54) is 6.42 Å². The fourth-order valence-electron chi connectivity index (χ4n) is 3.19. The van der Waals surface area contributed by atoms with Crippen LogP contribution in [0.25, 0.3) is 0 Å². The van der Waals surface area contributed by atoms with Crippen molar-refractivity contribution in [3.63, 3.8) is 0 Å². The summed E-state index contributed by atoms with van der Waals surface area (Å²) in [4.78, 5) is 0. The number of nitrogens with one attached hydrogen (secondary N) is 1. The molecular formula is C13H28ClN3O2S. The first kappa shape index (κ1) is 18.2. The van der Waals surface area contributed by atoms with E-state index in [0.29, 0.717) is 0 Å². The summed E-state index contributed by atoms with van der Waals surface area (Å²) >= 11 is 0. The van der Waals surface area contributed by atoms with Crippen molar-refractivity contribution in [1.29, 1.82) is 0 Å². The summed E-state index contributed by atoms with van der Waals surface area (Å²) in [5.41, 5.74) is 0. The average molecular weight is 326 g/mol. The molecule has 0 radical (unpaired) electrons. The highest BCUT2D eigenvalue weighted by atomic mass is 35.5. The average Bonchev–Trinajstić information content (AvgIpc) is 2.47. The minimum absolute atomic E-state index is 0. The standard InChI is InChI=1S/C13H27N3O2S.ClH/c1-15(12-6-4-3-5-7-12)19(17,18)16(2)13-8-10-14-11-9-13;/h12-14H,3-11H2,1-2H3;1H. The van der Waals surface area contributed by atoms with E-state index in [-0.39, 0.29) is 24.5 Å². The van der Waals surface area contributed by atoms with Gasteiger partial charge in [0.25, 0.3) is 10.2 Å². The van der Waals surface area contributed by atoms with Gasteiger partial charge in [0.15, 0.2) is 0 Å². The zero-order chi connectivity index (χ0) is 13.9. The third-order valence-electron chi connectivity index (χ3n) is 4.64. The molecule has 0 unspecified atom stereocenters. The predicted molar refractivity (Wildman–Crippen MR) is 84.5 cm³/mol. The lowest BCUT2D eigenvalue weighted by Crippen LogP contribution is -2.51. The summed E-state index contributed by atoms with van der Waals surface area (Å²) in [7, 11) is 0.194. The first-order valence-electron chi connectivity index (χ1n) is 7.45. The Morgan fingerprint density at radius 2 is 1.30 bits per heavy atom. The van der Waals surface area contributed by atoms with Gasteiger partial charge in [-0.2, -0.15) is 17.0 Å². The van der Waals surface area contributed by atoms with Crippen LogP contribution in [0.3, 0.4) is 0 Å². The highest BCUT2D eigenvalue weighted by Crippen LogP contribution is 2.25. The number of hydrogen-bond donors (Lipinski definition) is 1. The van der Waals surface area contributed by atoms with Gasteiger partial charge in [-0.25, -0.2) is 0 Å². The molecule has 0 aromatic carbocycles. The molecule has 0 amide bonds. The van der Waals surface area contributed by atoms with Crippen LogP contribution in [-0.2, 0) is 10.2 Å². The monoisotopic (exact) mass is 325 g/mol. The predicted octanol–water partition coefficient (Wildman–Crippen LogP) is 1.60. The van der Waals surface area contributed by atoms with Gasteiger partial charge >= 0.3 is 0 Å². The molecule has 0 bridgehead atoms. The van der Waals surface area contributed by atoms with E-state index in [0.717, 1.165) is 51.6 Å². The molecule has 0 aromatic rings. The summed E-state index contributed by atoms with van der Waals surface area (Å²) in [6.07, 6.45) is 7.39. The van der Waals surface area contributed by atoms with Crippen molar-refractivity contribution in [2.45, 2.75) is 57.0 Å². The van der Waals surface area contributed by atoms with Crippen molar-refractivity contribution >= 4 is 22.6 Å². The molecule has 2 fully saturated rings. The second kappa shape index (κ2) is 7.94. The maximum Gasteiger partial charge on any atom is 0.281 e. The van der Waals surface area contributed by atoms with Gasteiger partial charge in [-0.3, -0.25) is 0 Å². The van der Waals surface area contributed by atoms with Gasteiger partial charge in [0.1, 0.15) is 0 Å². The molecule has 5 nitrogen and oxygen atoms in total. The number of piperidine rings is 1. The molecule has 1 N–H and O–H groups in total. The minimum Gasteiger partial charge on any atom is -0.317 e. The molecule has 0 aromatic heterocycles. The topological polar surface area (TPSA) is 52.7 Å². The number of halogens is 1. The maximum atomic E-state index is 12.7. The van der Waals surface area contributed by atoms with E-state index in [9.17, 15) is 8.42 Å². The van der Waals surface area contributed by atoms with Crippen molar-refractivity contribution in [2.24, 2.45) is 0 Å². The van der Waals surface area contributed by atoms with Gasteiger partial charge in [0, 0.05) is 26.2 Å². The summed E-state index contributed by atoms with van der Waals surface area (Å²) in [5, 5.41) is 3.28. The molecule has 7 heteroatoms. The Bertz CT molecular complexity index is 349. The van der Waals surface area contributed by atoms with Gasteiger partial charge in [-0.15, -0.1) is 12.4 Å². The second-order valence-electron chi connectivity index (χ2n) is 5.81. The van der Waals surface area contributed by atoms with E-state index in [2.05, 4.69) is 5.32 Å². The minimum atomic E-state index is -3.30. The number of hydrogen-bond acceptors (Lipinski definition) is 3. The summed E-state index contributed by atoms with van der Waals surface area (Å²) in [6, 6.07) is 0.347. The van der Waals surface area contributed by atoms with Crippen LogP contribution in [0.1, 0.15) is 44.9 Å². The largest absolute Gasteiger partial charge is 0.317 e. The van der Waals surface area contributed by atoms with Gasteiger partial charge < -0.3 is 5.32 Å². The highest BCUT2D eigenvalue weighted by Gasteiger charge is 2.34. The summed E-state index contributed by atoms with van der Waals surface area (Å²) in [5.74, 6) is 0. The molecule has 2 aliphatic rings. The van der Waals surface area contributed by atoms with Crippen LogP contribution in [-0.4, -0.2) is 56.3 Å². The van der Waals surface area contributed by atoms with Gasteiger partial charge in [0.2, 0.25) is 0 Å². The molecule has 0 atom stereocenters. The third kappa shape index (κ3) is 4.07. The van der Waals surface area contributed by atoms with Crippen LogP contribution < -0.4 is 5.32 Å². The third-order valence-corrected chi connectivity index (χ3v) is 6.69. The first-order chi connectivity index (χ1) is 9.03. The first-order valence-corrected chi connectivity index (χ1v) is 8.85. The zero-order valence-corrected chi connectivity index (χ0v) is 14.2. The van der Waals surface area contributed by atoms with E-state index in [4.69, 9.17) is 0 Å². The Kier molecular flexibility index (Phi) is 7.21. The van der Waals surface area contributed by atoms with Crippen molar-refractivity contribution < 1.29 is 8.42 Å². The van der Waals surface area contributed by atoms with Crippen LogP contribution in [0.2, 0.25) is 0 Å². The Morgan fingerprint density at radius 1 is 0.850 bits per heavy atom. The Labute approximate surface area is 129 Å². The Morgan fingerprint density at radius 3 is 1.80 bits per heavy atom. The van der Waals surface area contributed by atoms with Crippen LogP contribution in [0.5, 0.6) is 0 Å². The Balaban J connectivity index is 0.00000200. The van der Waals surface area contributed by atoms with E-state index < -0.39 is 10.2 Å². The molecule has 1 aliphatic carbocycles. The molecule has 120 valence electrons. The molecule has 20 heavy (non-hydrogen) atoms. The lowest BCUT2D eigenvalue weighted by Gasteiger charge is -2.37. The molecule has 0 spiro atoms. The van der Waals surface area contributed by atoms with Crippen LogP contribution in [0, 0.1) is 0 Å². The highest BCUT2D eigenvalue weighted by molar-refractivity contribution is 7.86. The fourth-order valence-corrected chi connectivity index (χ4v) is 4.78. The molecule has 1 heterocycles. The fraction of sp³-hybridized carbons (Fsp3) is 1.00. The smallest absolute Gasteiger partial charge is 0.281 e. The van der Waals surface area contributed by atoms with E-state index >= 15 is 0 Å². The summed E-state index contributed by atoms with van der Waals surface area (Å²) < 4.78 is 28.5. The quantitative estimate of drug-likeness (QED) is 0.854. The Hall–Kier alpha value is 0.120. The lowest BCUT2D eigenvalue weighted by molar-refractivity contribution is 0.240. The molecule has 1 aliphatic heterocycles. The molecule has 2 rings (SSSR count). The van der Waals surface area contributed by atoms with Gasteiger partial charge in [0.05, 0.1) is 0 Å². The number of nitrogens with zero attached hydrogens (tertiary/aromatic N) is 2. The van der Waals surface area contributed by atoms with Gasteiger partial charge in [-0.1, -0.05) is 19.3 Å². The lowest BCUT2D eigenvalue weighted by atomic mass is 9.96. The SMILES string of the molecule is CN(C1CCCCC1)S(=O)(=O)N(C)C1CCNCC1.Cl. The van der Waals surface area contributed by atoms with Crippen molar-refractivity contribution in [3.8, 4) is 0 Å². The number of rotatable bonds is 4. The second-order valence-corrected chi connectivity index (χ2v) is 7.86. The van der Waals surface area contributed by atoms with Crippen molar-refractivity contribution in [2.75, 3.05) is 27.2 Å². The van der Waals surface area contributed by atoms with Crippen LogP contribution in [0.4, 0.5) is 0 Å². The normalized spacial score (nSPS) is 23.0.